The molecule has 2 saturated carbocycles. The van der Waals surface area contributed by atoms with Gasteiger partial charge in [0, 0.05) is 42.1 Å². The van der Waals surface area contributed by atoms with E-state index < -0.39 is 0 Å². The van der Waals surface area contributed by atoms with Crippen LogP contribution in [0.4, 0.5) is 5.00 Å². The Kier molecular flexibility index (Phi) is 5.99. The van der Waals surface area contributed by atoms with Gasteiger partial charge in [-0.2, -0.15) is 0 Å². The molecule has 10 rings (SSSR count). The van der Waals surface area contributed by atoms with Gasteiger partial charge in [-0.05, 0) is 54.5 Å². The fourth-order valence-corrected chi connectivity index (χ4v) is 12.2. The fraction of sp³-hybridized carbons (Fsp3) is 0.300. The highest BCUT2D eigenvalue weighted by atomic mass is 32.1. The SMILES string of the molecule is O=c1c(=NC2=Cc3sc4c(c3C23CCCCC3)C2(CCCCC2)c2cc(N=c3c(=O)c5ccccc5c3=O)sc2-4)c(=O)c2ccccc12. The van der Waals surface area contributed by atoms with Crippen LogP contribution in [0.3, 0.4) is 0 Å². The molecule has 0 radical (unpaired) electrons. The van der Waals surface area contributed by atoms with E-state index in [0.717, 1.165) is 57.1 Å². The maximum absolute atomic E-state index is 13.5. The van der Waals surface area contributed by atoms with Gasteiger partial charge in [-0.15, -0.1) is 22.7 Å². The summed E-state index contributed by atoms with van der Waals surface area (Å²) in [5, 5.41) is 2.52. The first kappa shape index (κ1) is 28.6. The van der Waals surface area contributed by atoms with Gasteiger partial charge in [0.25, 0.3) is 0 Å². The first-order valence-electron chi connectivity index (χ1n) is 17.0. The minimum Gasteiger partial charge on any atom is -0.287 e. The summed E-state index contributed by atoms with van der Waals surface area (Å²) in [5.41, 5.74) is 3.35. The second-order valence-electron chi connectivity index (χ2n) is 14.0. The number of nitrogens with zero attached hydrogens (tertiary/aromatic N) is 2. The number of allylic oxidation sites excluding steroid dienone is 1. The first-order chi connectivity index (χ1) is 23.4. The predicted octanol–water partition coefficient (Wildman–Crippen LogP) is 6.93. The molecule has 6 aromatic rings. The Morgan fingerprint density at radius 1 is 0.542 bits per heavy atom. The molecular weight excluding hydrogens is 637 g/mol. The highest BCUT2D eigenvalue weighted by molar-refractivity contribution is 7.25. The summed E-state index contributed by atoms with van der Waals surface area (Å²) >= 11 is 3.39. The maximum atomic E-state index is 13.5. The van der Waals surface area contributed by atoms with E-state index in [1.807, 2.05) is 0 Å². The summed E-state index contributed by atoms with van der Waals surface area (Å²) in [6.07, 6.45) is 13.0. The van der Waals surface area contributed by atoms with Crippen molar-refractivity contribution in [3.63, 3.8) is 0 Å². The lowest BCUT2D eigenvalue weighted by Gasteiger charge is -2.41. The molecule has 6 nitrogen and oxygen atoms in total. The van der Waals surface area contributed by atoms with Crippen LogP contribution in [0.1, 0.15) is 85.8 Å². The molecule has 4 aromatic carbocycles. The molecule has 236 valence electrons. The van der Waals surface area contributed by atoms with Crippen LogP contribution in [0.15, 0.2) is 89.5 Å². The second-order valence-corrected chi connectivity index (χ2v) is 16.1. The van der Waals surface area contributed by atoms with Crippen molar-refractivity contribution in [3.05, 3.63) is 133 Å². The number of benzene rings is 2. The molecule has 0 saturated heterocycles. The van der Waals surface area contributed by atoms with Crippen molar-refractivity contribution in [3.8, 4) is 9.75 Å². The van der Waals surface area contributed by atoms with Crippen molar-refractivity contribution >= 4 is 55.3 Å². The van der Waals surface area contributed by atoms with Gasteiger partial charge in [0.05, 0.1) is 10.6 Å². The fourth-order valence-electron chi connectivity index (χ4n) is 9.51. The van der Waals surface area contributed by atoms with Crippen LogP contribution in [0.25, 0.3) is 37.4 Å². The van der Waals surface area contributed by atoms with Gasteiger partial charge in [0.15, 0.2) is 10.7 Å². The summed E-state index contributed by atoms with van der Waals surface area (Å²) in [6.45, 7) is 0. The van der Waals surface area contributed by atoms with E-state index in [-0.39, 0.29) is 43.3 Å². The zero-order valence-corrected chi connectivity index (χ0v) is 27.8. The molecule has 48 heavy (non-hydrogen) atoms. The van der Waals surface area contributed by atoms with E-state index in [2.05, 4.69) is 12.1 Å². The van der Waals surface area contributed by atoms with Crippen molar-refractivity contribution in [2.45, 2.75) is 75.0 Å². The zero-order chi connectivity index (χ0) is 32.4. The molecule has 8 heteroatoms. The number of hydrogen-bond acceptors (Lipinski definition) is 8. The van der Waals surface area contributed by atoms with Crippen molar-refractivity contribution in [1.82, 2.24) is 0 Å². The smallest absolute Gasteiger partial charge is 0.216 e. The van der Waals surface area contributed by atoms with Gasteiger partial charge in [0.1, 0.15) is 5.00 Å². The van der Waals surface area contributed by atoms with Crippen LogP contribution in [-0.4, -0.2) is 0 Å². The van der Waals surface area contributed by atoms with E-state index in [1.165, 1.54) is 44.2 Å². The van der Waals surface area contributed by atoms with E-state index in [9.17, 15) is 19.2 Å². The quantitative estimate of drug-likeness (QED) is 0.200. The summed E-state index contributed by atoms with van der Waals surface area (Å²) in [7, 11) is 0. The molecular formula is C40H30N2O4S2. The lowest BCUT2D eigenvalue weighted by Crippen LogP contribution is -2.37. The van der Waals surface area contributed by atoms with Crippen LogP contribution in [0.5, 0.6) is 0 Å². The van der Waals surface area contributed by atoms with Gasteiger partial charge < -0.3 is 0 Å². The molecule has 0 aliphatic heterocycles. The normalized spacial score (nSPS) is 18.8. The third-order valence-corrected chi connectivity index (χ3v) is 14.0. The van der Waals surface area contributed by atoms with Crippen molar-refractivity contribution in [2.75, 3.05) is 0 Å². The molecule has 0 amide bonds. The van der Waals surface area contributed by atoms with E-state index in [0.29, 0.717) is 26.5 Å². The molecule has 2 aromatic heterocycles. The summed E-state index contributed by atoms with van der Waals surface area (Å²) in [5.74, 6) is 0. The van der Waals surface area contributed by atoms with Gasteiger partial charge in [-0.25, -0.2) is 9.98 Å². The third kappa shape index (κ3) is 3.62. The number of fused-ring (bicyclic) bond motifs is 10. The van der Waals surface area contributed by atoms with E-state index in [4.69, 9.17) is 9.98 Å². The molecule has 4 aliphatic carbocycles. The van der Waals surface area contributed by atoms with Crippen molar-refractivity contribution in [1.29, 1.82) is 0 Å². The lowest BCUT2D eigenvalue weighted by atomic mass is 9.62. The summed E-state index contributed by atoms with van der Waals surface area (Å²) in [6, 6.07) is 16.2. The van der Waals surface area contributed by atoms with Crippen molar-refractivity contribution < 1.29 is 0 Å². The predicted molar refractivity (Wildman–Crippen MR) is 193 cm³/mol. The Balaban J connectivity index is 1.19. The summed E-state index contributed by atoms with van der Waals surface area (Å²) < 4.78 is 0. The minimum atomic E-state index is -0.323. The van der Waals surface area contributed by atoms with Gasteiger partial charge in [-0.3, -0.25) is 19.2 Å². The Morgan fingerprint density at radius 3 is 1.58 bits per heavy atom. The molecule has 4 aliphatic rings. The Bertz CT molecular complexity index is 2630. The Labute approximate surface area is 282 Å². The molecule has 2 heterocycles. The lowest BCUT2D eigenvalue weighted by molar-refractivity contribution is 0.320. The Hall–Kier alpha value is -4.40. The second kappa shape index (κ2) is 10.1. The number of thiophene rings is 2. The van der Waals surface area contributed by atoms with Crippen molar-refractivity contribution in [2.24, 2.45) is 9.98 Å². The number of hydrogen-bond donors (Lipinski definition) is 0. The average Bonchev–Trinajstić information content (AvgIpc) is 3.92. The molecule has 0 bridgehead atoms. The van der Waals surface area contributed by atoms with Crippen LogP contribution < -0.4 is 32.4 Å². The van der Waals surface area contributed by atoms with Crippen LogP contribution in [-0.2, 0) is 10.8 Å². The molecule has 0 N–H and O–H groups in total. The monoisotopic (exact) mass is 666 g/mol. The van der Waals surface area contributed by atoms with E-state index >= 15 is 0 Å². The van der Waals surface area contributed by atoms with Gasteiger partial charge >= 0.3 is 0 Å². The topological polar surface area (TPSA) is 93.0 Å². The first-order valence-corrected chi connectivity index (χ1v) is 18.6. The summed E-state index contributed by atoms with van der Waals surface area (Å²) in [4.78, 5) is 66.8. The molecule has 2 fully saturated rings. The standard InChI is InChI=1S/C40H30N2O4S2/c43-33-21-11-3-4-12-22(21)34(44)31(33)41-27-20-26-29(40(27)17-9-2-10-18-40)30-38(47-26)37-25(39(30)15-7-1-8-16-39)19-28(48-37)42-32-35(45)23-13-5-6-14-24(23)36(32)46/h3-6,11-14,19-20H,1-2,7-10,15-18H2. The largest absolute Gasteiger partial charge is 0.287 e. The maximum Gasteiger partial charge on any atom is 0.216 e. The van der Waals surface area contributed by atoms with Gasteiger partial charge in [-0.1, -0.05) is 87.1 Å². The third-order valence-electron chi connectivity index (χ3n) is 11.7. The van der Waals surface area contributed by atoms with E-state index in [1.54, 1.807) is 71.2 Å². The molecule has 0 unspecified atom stereocenters. The Morgan fingerprint density at radius 2 is 1.04 bits per heavy atom. The van der Waals surface area contributed by atoms with Crippen LogP contribution >= 0.6 is 22.7 Å². The van der Waals surface area contributed by atoms with Crippen LogP contribution in [0, 0.1) is 0 Å². The van der Waals surface area contributed by atoms with Crippen LogP contribution in [0.2, 0.25) is 0 Å². The average molecular weight is 667 g/mol. The highest BCUT2D eigenvalue weighted by Crippen LogP contribution is 2.67. The molecule has 2 spiro atoms. The minimum absolute atomic E-state index is 0.00807. The molecule has 0 atom stereocenters. The highest BCUT2D eigenvalue weighted by Gasteiger charge is 2.55. The van der Waals surface area contributed by atoms with Gasteiger partial charge in [0.2, 0.25) is 21.7 Å². The zero-order valence-electron chi connectivity index (χ0n) is 26.2. The number of rotatable bonds is 2.